The highest BCUT2D eigenvalue weighted by atomic mass is 16.4. The van der Waals surface area contributed by atoms with Crippen LogP contribution in [-0.2, 0) is 56.0 Å². The lowest BCUT2D eigenvalue weighted by molar-refractivity contribution is -0.147. The molecule has 26 heteroatoms. The summed E-state index contributed by atoms with van der Waals surface area (Å²) in [7, 11) is 0. The van der Waals surface area contributed by atoms with Crippen molar-refractivity contribution in [3.05, 3.63) is 71.8 Å². The van der Waals surface area contributed by atoms with E-state index in [2.05, 4.69) is 36.6 Å². The van der Waals surface area contributed by atoms with Gasteiger partial charge in [-0.05, 0) is 75.3 Å². The highest BCUT2D eigenvalue weighted by molar-refractivity contribution is 5.98. The van der Waals surface area contributed by atoms with Crippen molar-refractivity contribution in [3.63, 3.8) is 0 Å². The Hall–Kier alpha value is -7.87. The molecule has 26 nitrogen and oxygen atoms in total. The van der Waals surface area contributed by atoms with Crippen molar-refractivity contribution in [2.24, 2.45) is 38.7 Å². The topological polar surface area (TPSA) is 419 Å². The molecule has 0 saturated carbocycles. The Morgan fingerprint density at radius 1 is 0.579 bits per heavy atom. The van der Waals surface area contributed by atoms with E-state index in [0.29, 0.717) is 69.2 Å². The maximum absolute atomic E-state index is 14.1. The molecule has 8 amide bonds. The molecule has 4 unspecified atom stereocenters. The van der Waals surface area contributed by atoms with Crippen LogP contribution < -0.4 is 55.3 Å². The molecule has 3 aliphatic heterocycles. The predicted molar refractivity (Wildman–Crippen MR) is 278 cm³/mol. The first-order valence-electron chi connectivity index (χ1n) is 25.6. The lowest BCUT2D eigenvalue weighted by atomic mass is 10.0. The zero-order valence-electron chi connectivity index (χ0n) is 42.5. The summed E-state index contributed by atoms with van der Waals surface area (Å²) in [5.74, 6) is -6.93. The number of aliphatic carboxylic acids is 1. The number of carbonyl (C=O) groups excluding carboxylic acids is 8. The largest absolute Gasteiger partial charge is 0.480 e. The van der Waals surface area contributed by atoms with Gasteiger partial charge in [0, 0.05) is 45.6 Å². The van der Waals surface area contributed by atoms with E-state index < -0.39 is 109 Å². The lowest BCUT2D eigenvalue weighted by Crippen LogP contribution is -2.60. The molecule has 0 bridgehead atoms. The van der Waals surface area contributed by atoms with Crippen LogP contribution in [0.4, 0.5) is 0 Å². The maximum atomic E-state index is 14.1. The number of carbonyl (C=O) groups is 9. The van der Waals surface area contributed by atoms with Crippen LogP contribution in [0, 0.1) is 0 Å². The molecule has 3 aliphatic rings. The Morgan fingerprint density at radius 3 is 1.58 bits per heavy atom. The standard InChI is InChI=1S/C50H73N15O11/c51-32(16-7-21-56-49(52)53)45(72)65-25-11-20-39(65)47(74)64-24-9-18-37(64)43(70)58-28-40(67)59-34(26-30-12-3-1-4-13-30)41(68)62-36(29-66)46(73)63-23-10-19-38(63)44(71)61-35(27-31-14-5-2-6-15-31)42(69)60-33(48(75)76)17-8-22-57-50(54)55/h1-6,12-15,32-39,66H,7-11,16-29,51H2,(H,58,70)(H,59,67)(H,60,69)(H,61,71)(H,62,68)(H,75,76)(H4,52,53,56)(H4,54,55,57)/t32-,33?,34?,35?,36-,37-,38-,39?/m0/s1. The van der Waals surface area contributed by atoms with Crippen molar-refractivity contribution in [2.75, 3.05) is 45.9 Å². The zero-order valence-corrected chi connectivity index (χ0v) is 42.5. The summed E-state index contributed by atoms with van der Waals surface area (Å²) in [4.78, 5) is 134. The molecule has 5 rings (SSSR count). The molecule has 3 heterocycles. The van der Waals surface area contributed by atoms with Crippen molar-refractivity contribution >= 4 is 65.1 Å². The molecule has 3 fully saturated rings. The van der Waals surface area contributed by atoms with Gasteiger partial charge in [0.05, 0.1) is 19.2 Å². The van der Waals surface area contributed by atoms with Gasteiger partial charge in [-0.1, -0.05) is 60.7 Å². The van der Waals surface area contributed by atoms with Crippen molar-refractivity contribution in [1.82, 2.24) is 41.3 Å². The number of carboxylic acids is 1. The van der Waals surface area contributed by atoms with Crippen LogP contribution in [0.25, 0.3) is 0 Å². The highest BCUT2D eigenvalue weighted by Gasteiger charge is 2.44. The van der Waals surface area contributed by atoms with Gasteiger partial charge in [0.15, 0.2) is 11.9 Å². The quantitative estimate of drug-likeness (QED) is 0.0231. The fourth-order valence-corrected chi connectivity index (χ4v) is 9.55. The molecule has 0 aliphatic carbocycles. The van der Waals surface area contributed by atoms with Crippen LogP contribution >= 0.6 is 0 Å². The van der Waals surface area contributed by atoms with Crippen LogP contribution in [0.2, 0.25) is 0 Å². The van der Waals surface area contributed by atoms with Crippen molar-refractivity contribution in [3.8, 4) is 0 Å². The third kappa shape index (κ3) is 17.4. The second-order valence-electron chi connectivity index (χ2n) is 19.0. The molecule has 0 aromatic heterocycles. The lowest BCUT2D eigenvalue weighted by Gasteiger charge is -2.32. The van der Waals surface area contributed by atoms with Crippen molar-refractivity contribution in [1.29, 1.82) is 0 Å². The Balaban J connectivity index is 1.21. The number of aliphatic imine (C=N–C) groups is 2. The second-order valence-corrected chi connectivity index (χ2v) is 19.0. The summed E-state index contributed by atoms with van der Waals surface area (Å²) in [6, 6.07) is 8.00. The van der Waals surface area contributed by atoms with E-state index in [1.54, 1.807) is 60.7 Å². The Kier molecular flexibility index (Phi) is 22.7. The van der Waals surface area contributed by atoms with Gasteiger partial charge in [-0.15, -0.1) is 0 Å². The van der Waals surface area contributed by atoms with Crippen LogP contribution in [0.5, 0.6) is 0 Å². The summed E-state index contributed by atoms with van der Waals surface area (Å²) < 4.78 is 0. The van der Waals surface area contributed by atoms with Crippen LogP contribution in [0.1, 0.15) is 75.3 Å². The first-order valence-corrected chi connectivity index (χ1v) is 25.6. The van der Waals surface area contributed by atoms with Gasteiger partial charge >= 0.3 is 5.97 Å². The number of amides is 8. The number of guanidine groups is 2. The normalized spacial score (nSPS) is 19.0. The number of carboxylic acid groups (broad SMARTS) is 1. The fourth-order valence-electron chi connectivity index (χ4n) is 9.55. The van der Waals surface area contributed by atoms with Crippen LogP contribution in [0.15, 0.2) is 70.6 Å². The van der Waals surface area contributed by atoms with E-state index in [-0.39, 0.29) is 69.6 Å². The third-order valence-corrected chi connectivity index (χ3v) is 13.4. The molecule has 2 aromatic carbocycles. The van der Waals surface area contributed by atoms with Gasteiger partial charge in [0.1, 0.15) is 42.3 Å². The number of nitrogens with two attached hydrogens (primary N) is 5. The minimum atomic E-state index is -1.59. The SMILES string of the molecule is NC(N)=NCCCC(NC(=O)C(Cc1ccccc1)NC(=O)[C@@H]1CCCN1C(=O)[C@H](CO)NC(=O)C(Cc1ccccc1)NC(=O)CNC(=O)[C@@H]1CCCN1C(=O)C1CCCN1C(=O)[C@@H](N)CCCN=C(N)N)C(=O)O. The number of likely N-dealkylation sites (tertiary alicyclic amines) is 3. The summed E-state index contributed by atoms with van der Waals surface area (Å²) in [5, 5.41) is 33.3. The number of nitrogens with one attached hydrogen (secondary N) is 5. The molecule has 414 valence electrons. The summed E-state index contributed by atoms with van der Waals surface area (Å²) >= 11 is 0. The Morgan fingerprint density at radius 2 is 1.05 bits per heavy atom. The van der Waals surface area contributed by atoms with E-state index in [4.69, 9.17) is 28.7 Å². The predicted octanol–water partition coefficient (Wildman–Crippen LogP) is -3.99. The van der Waals surface area contributed by atoms with Gasteiger partial charge in [-0.25, -0.2) is 4.79 Å². The molecule has 76 heavy (non-hydrogen) atoms. The van der Waals surface area contributed by atoms with E-state index in [1.165, 1.54) is 14.7 Å². The number of hydrogen-bond acceptors (Lipinski definition) is 13. The summed E-state index contributed by atoms with van der Waals surface area (Å²) in [5.41, 5.74) is 29.0. The average molecular weight is 1060 g/mol. The monoisotopic (exact) mass is 1060 g/mol. The molecule has 17 N–H and O–H groups in total. The Bertz CT molecular complexity index is 2400. The molecule has 0 radical (unpaired) electrons. The zero-order chi connectivity index (χ0) is 55.3. The van der Waals surface area contributed by atoms with Gasteiger partial charge in [0.2, 0.25) is 47.3 Å². The second kappa shape index (κ2) is 29.3. The number of hydrogen-bond donors (Lipinski definition) is 12. The van der Waals surface area contributed by atoms with Crippen molar-refractivity contribution in [2.45, 2.75) is 125 Å². The van der Waals surface area contributed by atoms with Crippen LogP contribution in [0.3, 0.4) is 0 Å². The van der Waals surface area contributed by atoms with Gasteiger partial charge < -0.3 is 80.2 Å². The first kappa shape index (κ1) is 59.0. The molecule has 2 aromatic rings. The van der Waals surface area contributed by atoms with Gasteiger partial charge in [-0.2, -0.15) is 0 Å². The smallest absolute Gasteiger partial charge is 0.326 e. The fraction of sp³-hybridized carbons (Fsp3) is 0.540. The maximum Gasteiger partial charge on any atom is 0.326 e. The van der Waals surface area contributed by atoms with Gasteiger partial charge in [0.25, 0.3) is 0 Å². The van der Waals surface area contributed by atoms with E-state index in [1.807, 2.05) is 0 Å². The van der Waals surface area contributed by atoms with Crippen molar-refractivity contribution < 1.29 is 53.4 Å². The molecular weight excluding hydrogens is 987 g/mol. The van der Waals surface area contributed by atoms with E-state index in [9.17, 15) is 53.4 Å². The number of benzene rings is 2. The first-order chi connectivity index (χ1) is 36.4. The number of nitrogens with zero attached hydrogens (tertiary/aromatic N) is 5. The average Bonchev–Trinajstić information content (AvgIpc) is 4.22. The number of aliphatic hydroxyl groups excluding tert-OH is 1. The van der Waals surface area contributed by atoms with Gasteiger partial charge in [-0.3, -0.25) is 48.3 Å². The molecule has 3 saturated heterocycles. The summed E-state index contributed by atoms with van der Waals surface area (Å²) in [6.07, 6.45) is 3.13. The minimum Gasteiger partial charge on any atom is -0.480 e. The highest BCUT2D eigenvalue weighted by Crippen LogP contribution is 2.26. The molecular formula is C50H73N15O11. The third-order valence-electron chi connectivity index (χ3n) is 13.4. The van der Waals surface area contributed by atoms with E-state index in [0.717, 1.165) is 0 Å². The number of rotatable bonds is 27. The van der Waals surface area contributed by atoms with E-state index >= 15 is 0 Å². The van der Waals surface area contributed by atoms with Crippen LogP contribution in [-0.4, -0.2) is 184 Å². The number of aliphatic hydroxyl groups is 1. The molecule has 0 spiro atoms. The Labute approximate surface area is 440 Å². The molecule has 8 atom stereocenters. The summed E-state index contributed by atoms with van der Waals surface area (Å²) in [6.45, 7) is -0.442. The minimum absolute atomic E-state index is 0.0209.